The fraction of sp³-hybridized carbons (Fsp3) is 0.417. The first-order valence-electron chi connectivity index (χ1n) is 5.58. The second-order valence-corrected chi connectivity index (χ2v) is 4.07. The van der Waals surface area contributed by atoms with Crippen LogP contribution in [0.15, 0.2) is 18.2 Å². The molecule has 1 unspecified atom stereocenters. The average molecular weight is 233 g/mol. The molecule has 1 saturated heterocycles. The van der Waals surface area contributed by atoms with Crippen LogP contribution in [0.3, 0.4) is 0 Å². The molecule has 1 atom stereocenters. The molecule has 1 aromatic carbocycles. The molecule has 0 saturated carbocycles. The van der Waals surface area contributed by atoms with E-state index in [2.05, 4.69) is 16.3 Å². The molecule has 0 spiro atoms. The van der Waals surface area contributed by atoms with E-state index >= 15 is 0 Å². The first-order chi connectivity index (χ1) is 8.22. The molecule has 1 fully saturated rings. The Labute approximate surface area is 99.9 Å². The van der Waals surface area contributed by atoms with Gasteiger partial charge < -0.3 is 15.5 Å². The summed E-state index contributed by atoms with van der Waals surface area (Å²) in [6.07, 6.45) is 0. The molecule has 0 aliphatic carbocycles. The third-order valence-corrected chi connectivity index (χ3v) is 2.95. The number of hydrogen-bond acceptors (Lipinski definition) is 5. The Hall–Kier alpha value is -1.77. The van der Waals surface area contributed by atoms with Crippen LogP contribution in [0.5, 0.6) is 11.5 Å². The van der Waals surface area contributed by atoms with Crippen molar-refractivity contribution in [1.29, 1.82) is 5.26 Å². The summed E-state index contributed by atoms with van der Waals surface area (Å²) in [6, 6.07) is 6.40. The van der Waals surface area contributed by atoms with Crippen molar-refractivity contribution in [2.75, 3.05) is 26.2 Å². The zero-order chi connectivity index (χ0) is 12.3. The standard InChI is InChI=1S/C12H15N3O2/c13-8-10(15-5-3-14-4-6-15)9-1-2-11(16)12(17)7-9/h1-2,7,10,14,16-17H,3-6H2. The van der Waals surface area contributed by atoms with Crippen LogP contribution in [0, 0.1) is 11.3 Å². The lowest BCUT2D eigenvalue weighted by molar-refractivity contribution is 0.207. The fourth-order valence-corrected chi connectivity index (χ4v) is 2.02. The molecule has 5 nitrogen and oxygen atoms in total. The quantitative estimate of drug-likeness (QED) is 0.651. The topological polar surface area (TPSA) is 79.5 Å². The van der Waals surface area contributed by atoms with Gasteiger partial charge >= 0.3 is 0 Å². The molecule has 0 aromatic heterocycles. The lowest BCUT2D eigenvalue weighted by Gasteiger charge is -2.31. The molecule has 1 aliphatic rings. The van der Waals surface area contributed by atoms with Gasteiger partial charge in [-0.2, -0.15) is 5.26 Å². The third-order valence-electron chi connectivity index (χ3n) is 2.95. The minimum atomic E-state index is -0.372. The fourth-order valence-electron chi connectivity index (χ4n) is 2.02. The van der Waals surface area contributed by atoms with E-state index in [1.165, 1.54) is 12.1 Å². The highest BCUT2D eigenvalue weighted by atomic mass is 16.3. The van der Waals surface area contributed by atoms with Crippen molar-refractivity contribution < 1.29 is 10.2 Å². The first kappa shape index (κ1) is 11.7. The van der Waals surface area contributed by atoms with Crippen LogP contribution in [0.2, 0.25) is 0 Å². The molecule has 3 N–H and O–H groups in total. The molecule has 90 valence electrons. The van der Waals surface area contributed by atoms with Gasteiger partial charge in [-0.3, -0.25) is 4.90 Å². The summed E-state index contributed by atoms with van der Waals surface area (Å²) in [7, 11) is 0. The number of nitriles is 1. The van der Waals surface area contributed by atoms with Gasteiger partial charge in [0.05, 0.1) is 6.07 Å². The molecule has 0 radical (unpaired) electrons. The van der Waals surface area contributed by atoms with Gasteiger partial charge in [-0.15, -0.1) is 0 Å². The van der Waals surface area contributed by atoms with Crippen LogP contribution in [0.1, 0.15) is 11.6 Å². The molecule has 0 bridgehead atoms. The van der Waals surface area contributed by atoms with E-state index in [-0.39, 0.29) is 17.5 Å². The number of aromatic hydroxyl groups is 2. The zero-order valence-corrected chi connectivity index (χ0v) is 9.43. The zero-order valence-electron chi connectivity index (χ0n) is 9.43. The number of benzene rings is 1. The molecular formula is C12H15N3O2. The minimum Gasteiger partial charge on any atom is -0.504 e. The van der Waals surface area contributed by atoms with Crippen LogP contribution in [-0.4, -0.2) is 41.3 Å². The summed E-state index contributed by atoms with van der Waals surface area (Å²) < 4.78 is 0. The lowest BCUT2D eigenvalue weighted by atomic mass is 10.1. The number of hydrogen-bond donors (Lipinski definition) is 3. The van der Waals surface area contributed by atoms with Gasteiger partial charge in [0.15, 0.2) is 11.5 Å². The summed E-state index contributed by atoms with van der Waals surface area (Å²) in [5.74, 6) is -0.344. The van der Waals surface area contributed by atoms with Gasteiger partial charge in [-0.25, -0.2) is 0 Å². The van der Waals surface area contributed by atoms with Crippen molar-refractivity contribution in [1.82, 2.24) is 10.2 Å². The Balaban J connectivity index is 2.22. The maximum Gasteiger partial charge on any atom is 0.157 e. The maximum absolute atomic E-state index is 9.45. The molecule has 5 heteroatoms. The normalized spacial score (nSPS) is 18.5. The summed E-state index contributed by atoms with van der Waals surface area (Å²) >= 11 is 0. The van der Waals surface area contributed by atoms with Crippen molar-refractivity contribution >= 4 is 0 Å². The van der Waals surface area contributed by atoms with Crippen LogP contribution >= 0.6 is 0 Å². The largest absolute Gasteiger partial charge is 0.504 e. The minimum absolute atomic E-state index is 0.161. The Kier molecular flexibility index (Phi) is 3.47. The Morgan fingerprint density at radius 1 is 1.24 bits per heavy atom. The Morgan fingerprint density at radius 2 is 1.94 bits per heavy atom. The number of piperazine rings is 1. The summed E-state index contributed by atoms with van der Waals surface area (Å²) in [4.78, 5) is 2.06. The predicted molar refractivity (Wildman–Crippen MR) is 62.6 cm³/mol. The van der Waals surface area contributed by atoms with Crippen molar-refractivity contribution in [3.05, 3.63) is 23.8 Å². The molecule has 17 heavy (non-hydrogen) atoms. The maximum atomic E-state index is 9.45. The van der Waals surface area contributed by atoms with Crippen molar-refractivity contribution in [3.8, 4) is 17.6 Å². The van der Waals surface area contributed by atoms with Crippen LogP contribution in [0.4, 0.5) is 0 Å². The van der Waals surface area contributed by atoms with Crippen LogP contribution in [0.25, 0.3) is 0 Å². The molecule has 2 rings (SSSR count). The van der Waals surface area contributed by atoms with E-state index in [4.69, 9.17) is 0 Å². The van der Waals surface area contributed by atoms with Crippen LogP contribution < -0.4 is 5.32 Å². The second-order valence-electron chi connectivity index (χ2n) is 4.07. The second kappa shape index (κ2) is 5.04. The number of nitrogens with one attached hydrogen (secondary N) is 1. The smallest absolute Gasteiger partial charge is 0.157 e. The van der Waals surface area contributed by atoms with E-state index in [9.17, 15) is 15.5 Å². The molecular weight excluding hydrogens is 218 g/mol. The van der Waals surface area contributed by atoms with Crippen molar-refractivity contribution in [2.45, 2.75) is 6.04 Å². The van der Waals surface area contributed by atoms with Crippen molar-refractivity contribution in [2.24, 2.45) is 0 Å². The Bertz CT molecular complexity index is 436. The summed E-state index contributed by atoms with van der Waals surface area (Å²) in [5, 5.41) is 31.2. The van der Waals surface area contributed by atoms with E-state index in [0.29, 0.717) is 5.56 Å². The van der Waals surface area contributed by atoms with Gasteiger partial charge in [0, 0.05) is 26.2 Å². The van der Waals surface area contributed by atoms with E-state index < -0.39 is 0 Å². The SMILES string of the molecule is N#CC(c1ccc(O)c(O)c1)N1CCNCC1. The number of phenolic OH excluding ortho intramolecular Hbond substituents is 2. The molecule has 1 aromatic rings. The lowest BCUT2D eigenvalue weighted by Crippen LogP contribution is -2.44. The summed E-state index contributed by atoms with van der Waals surface area (Å²) in [5.41, 5.74) is 0.713. The van der Waals surface area contributed by atoms with Gasteiger partial charge in [-0.1, -0.05) is 6.07 Å². The molecule has 0 amide bonds. The van der Waals surface area contributed by atoms with E-state index in [0.717, 1.165) is 26.2 Å². The highest BCUT2D eigenvalue weighted by Gasteiger charge is 2.22. The first-order valence-corrected chi connectivity index (χ1v) is 5.58. The monoisotopic (exact) mass is 233 g/mol. The highest BCUT2D eigenvalue weighted by molar-refractivity contribution is 5.42. The van der Waals surface area contributed by atoms with Gasteiger partial charge in [0.1, 0.15) is 6.04 Å². The predicted octanol–water partition coefficient (Wildman–Crippen LogP) is 0.568. The highest BCUT2D eigenvalue weighted by Crippen LogP contribution is 2.29. The van der Waals surface area contributed by atoms with E-state index in [1.807, 2.05) is 0 Å². The van der Waals surface area contributed by atoms with Gasteiger partial charge in [-0.05, 0) is 17.7 Å². The average Bonchev–Trinajstić information content (AvgIpc) is 2.36. The number of nitrogens with zero attached hydrogens (tertiary/aromatic N) is 2. The van der Waals surface area contributed by atoms with Gasteiger partial charge in [0.25, 0.3) is 0 Å². The summed E-state index contributed by atoms with van der Waals surface area (Å²) in [6.45, 7) is 3.34. The number of rotatable bonds is 2. The Morgan fingerprint density at radius 3 is 2.53 bits per heavy atom. The third kappa shape index (κ3) is 2.49. The van der Waals surface area contributed by atoms with Crippen molar-refractivity contribution in [3.63, 3.8) is 0 Å². The van der Waals surface area contributed by atoms with Gasteiger partial charge in [0.2, 0.25) is 0 Å². The molecule has 1 heterocycles. The van der Waals surface area contributed by atoms with E-state index in [1.54, 1.807) is 6.07 Å². The number of phenols is 2. The van der Waals surface area contributed by atoms with Crippen LogP contribution in [-0.2, 0) is 0 Å². The molecule has 1 aliphatic heterocycles.